The molecule has 2 aliphatic heterocycles. The Labute approximate surface area is 181 Å². The van der Waals surface area contributed by atoms with E-state index in [0.29, 0.717) is 56.2 Å². The highest BCUT2D eigenvalue weighted by Gasteiger charge is 2.30. The van der Waals surface area contributed by atoms with Crippen LogP contribution in [0.15, 0.2) is 18.2 Å². The van der Waals surface area contributed by atoms with Crippen molar-refractivity contribution in [3.8, 4) is 11.5 Å². The van der Waals surface area contributed by atoms with E-state index in [-0.39, 0.29) is 17.6 Å². The molecule has 0 bridgehead atoms. The molecule has 3 heterocycles. The van der Waals surface area contributed by atoms with E-state index < -0.39 is 0 Å². The molecule has 1 fully saturated rings. The van der Waals surface area contributed by atoms with E-state index in [1.165, 1.54) is 11.3 Å². The van der Waals surface area contributed by atoms with Crippen molar-refractivity contribution in [2.45, 2.75) is 46.0 Å². The van der Waals surface area contributed by atoms with E-state index in [4.69, 9.17) is 9.47 Å². The zero-order valence-electron chi connectivity index (χ0n) is 17.6. The second kappa shape index (κ2) is 9.16. The summed E-state index contributed by atoms with van der Waals surface area (Å²) in [5, 5.41) is 1.04. The Balaban J connectivity index is 1.37. The molecule has 0 N–H and O–H groups in total. The summed E-state index contributed by atoms with van der Waals surface area (Å²) in [7, 11) is 0. The van der Waals surface area contributed by atoms with Crippen LogP contribution in [0.4, 0.5) is 0 Å². The number of fused-ring (bicyclic) bond motifs is 1. The fourth-order valence-corrected chi connectivity index (χ4v) is 5.08. The van der Waals surface area contributed by atoms with Gasteiger partial charge in [0.15, 0.2) is 17.3 Å². The van der Waals surface area contributed by atoms with Crippen molar-refractivity contribution < 1.29 is 19.1 Å². The van der Waals surface area contributed by atoms with Crippen molar-refractivity contribution in [2.24, 2.45) is 5.92 Å². The minimum absolute atomic E-state index is 0.0537. The Morgan fingerprint density at radius 2 is 1.90 bits per heavy atom. The summed E-state index contributed by atoms with van der Waals surface area (Å²) < 4.78 is 11.1. The predicted molar refractivity (Wildman–Crippen MR) is 116 cm³/mol. The Hall–Kier alpha value is -2.41. The number of piperidine rings is 1. The van der Waals surface area contributed by atoms with Gasteiger partial charge < -0.3 is 14.4 Å². The first-order valence-corrected chi connectivity index (χ1v) is 11.6. The monoisotopic (exact) mass is 428 g/mol. The third kappa shape index (κ3) is 4.36. The van der Waals surface area contributed by atoms with Crippen molar-refractivity contribution in [1.29, 1.82) is 0 Å². The molecule has 1 aromatic carbocycles. The molecule has 0 aliphatic carbocycles. The topological polar surface area (TPSA) is 68.7 Å². The summed E-state index contributed by atoms with van der Waals surface area (Å²) in [5.74, 6) is 1.43. The van der Waals surface area contributed by atoms with Crippen molar-refractivity contribution in [2.75, 3.05) is 26.3 Å². The van der Waals surface area contributed by atoms with Gasteiger partial charge in [-0.2, -0.15) is 0 Å². The van der Waals surface area contributed by atoms with Crippen molar-refractivity contribution in [3.63, 3.8) is 0 Å². The summed E-state index contributed by atoms with van der Waals surface area (Å²) in [5.41, 5.74) is 1.48. The van der Waals surface area contributed by atoms with Gasteiger partial charge in [-0.1, -0.05) is 13.3 Å². The lowest BCUT2D eigenvalue weighted by atomic mass is 9.88. The van der Waals surface area contributed by atoms with Crippen molar-refractivity contribution in [3.05, 3.63) is 39.3 Å². The Kier molecular flexibility index (Phi) is 6.37. The fourth-order valence-electron chi connectivity index (χ4n) is 4.01. The van der Waals surface area contributed by atoms with Crippen LogP contribution in [0.2, 0.25) is 0 Å². The number of unbranched alkanes of at least 4 members (excludes halogenated alkanes) is 1. The van der Waals surface area contributed by atoms with Crippen LogP contribution in [0.1, 0.15) is 63.3 Å². The predicted octanol–water partition coefficient (Wildman–Crippen LogP) is 4.30. The van der Waals surface area contributed by atoms with Crippen LogP contribution >= 0.6 is 11.3 Å². The smallest absolute Gasteiger partial charge is 0.265 e. The van der Waals surface area contributed by atoms with Gasteiger partial charge in [0.2, 0.25) is 0 Å². The molecule has 0 atom stereocenters. The van der Waals surface area contributed by atoms with Crippen molar-refractivity contribution in [1.82, 2.24) is 9.88 Å². The number of thiazole rings is 1. The Morgan fingerprint density at radius 1 is 1.17 bits per heavy atom. The van der Waals surface area contributed by atoms with Crippen LogP contribution in [0.25, 0.3) is 0 Å². The van der Waals surface area contributed by atoms with Crippen LogP contribution in [-0.2, 0) is 6.42 Å². The SMILES string of the molecule is CCCCc1nc(C)c(C(=O)N2CCC(C(=O)c3ccc4c(c3)OCCO4)CC2)s1. The molecular weight excluding hydrogens is 400 g/mol. The first kappa shape index (κ1) is 20.8. The lowest BCUT2D eigenvalue weighted by Crippen LogP contribution is -2.40. The second-order valence-corrected chi connectivity index (χ2v) is 9.00. The molecule has 0 spiro atoms. The molecular formula is C23H28N2O4S. The van der Waals surface area contributed by atoms with E-state index >= 15 is 0 Å². The van der Waals surface area contributed by atoms with Gasteiger partial charge in [-0.15, -0.1) is 11.3 Å². The van der Waals surface area contributed by atoms with Crippen LogP contribution in [-0.4, -0.2) is 47.9 Å². The van der Waals surface area contributed by atoms with E-state index in [2.05, 4.69) is 11.9 Å². The Bertz CT molecular complexity index is 931. The molecule has 160 valence electrons. The number of Topliss-reactive ketones (excluding diaryl/α,β-unsaturated/α-hetero) is 1. The maximum Gasteiger partial charge on any atom is 0.265 e. The van der Waals surface area contributed by atoms with E-state index in [1.54, 1.807) is 6.07 Å². The number of likely N-dealkylation sites (tertiary alicyclic amines) is 1. The van der Waals surface area contributed by atoms with Gasteiger partial charge in [0, 0.05) is 24.6 Å². The number of hydrogen-bond acceptors (Lipinski definition) is 6. The molecule has 2 aliphatic rings. The van der Waals surface area contributed by atoms with Crippen LogP contribution in [0.5, 0.6) is 11.5 Å². The number of rotatable bonds is 6. The first-order valence-electron chi connectivity index (χ1n) is 10.8. The minimum atomic E-state index is -0.0701. The molecule has 1 aromatic heterocycles. The zero-order valence-corrected chi connectivity index (χ0v) is 18.4. The van der Waals surface area contributed by atoms with Gasteiger partial charge in [-0.3, -0.25) is 9.59 Å². The number of aryl methyl sites for hydroxylation is 2. The van der Waals surface area contributed by atoms with E-state index in [9.17, 15) is 9.59 Å². The van der Waals surface area contributed by atoms with Gasteiger partial charge in [-0.25, -0.2) is 4.98 Å². The highest BCUT2D eigenvalue weighted by atomic mass is 32.1. The van der Waals surface area contributed by atoms with E-state index in [1.807, 2.05) is 24.0 Å². The first-order chi connectivity index (χ1) is 14.6. The maximum absolute atomic E-state index is 13.0. The molecule has 6 nitrogen and oxygen atoms in total. The number of carbonyl (C=O) groups excluding carboxylic acids is 2. The largest absolute Gasteiger partial charge is 0.486 e. The van der Waals surface area contributed by atoms with Crippen molar-refractivity contribution >= 4 is 23.0 Å². The molecule has 1 amide bonds. The normalized spacial score (nSPS) is 16.5. The maximum atomic E-state index is 13.0. The van der Waals surface area contributed by atoms with Crippen LogP contribution in [0.3, 0.4) is 0 Å². The van der Waals surface area contributed by atoms with Gasteiger partial charge in [-0.05, 0) is 50.8 Å². The fraction of sp³-hybridized carbons (Fsp3) is 0.522. The standard InChI is InChI=1S/C23H28N2O4S/c1-3-4-5-20-24-15(2)22(30-20)23(27)25-10-8-16(9-11-25)21(26)17-6-7-18-19(14-17)29-13-12-28-18/h6-7,14,16H,3-5,8-13H2,1-2H3. The second-order valence-electron chi connectivity index (χ2n) is 7.91. The summed E-state index contributed by atoms with van der Waals surface area (Å²) in [6.45, 7) is 6.30. The average Bonchev–Trinajstić information content (AvgIpc) is 3.16. The van der Waals surface area contributed by atoms with Gasteiger partial charge in [0.1, 0.15) is 18.1 Å². The van der Waals surface area contributed by atoms with Gasteiger partial charge in [0.25, 0.3) is 5.91 Å². The molecule has 2 aromatic rings. The molecule has 4 rings (SSSR count). The summed E-state index contributed by atoms with van der Waals surface area (Å²) in [6.07, 6.45) is 4.50. The molecule has 30 heavy (non-hydrogen) atoms. The number of nitrogens with zero attached hydrogens (tertiary/aromatic N) is 2. The summed E-state index contributed by atoms with van der Waals surface area (Å²) >= 11 is 1.52. The number of carbonyl (C=O) groups is 2. The molecule has 0 unspecified atom stereocenters. The number of ether oxygens (including phenoxy) is 2. The lowest BCUT2D eigenvalue weighted by Gasteiger charge is -2.31. The highest BCUT2D eigenvalue weighted by molar-refractivity contribution is 7.13. The highest BCUT2D eigenvalue weighted by Crippen LogP contribution is 2.33. The third-order valence-corrected chi connectivity index (χ3v) is 6.96. The average molecular weight is 429 g/mol. The Morgan fingerprint density at radius 3 is 2.63 bits per heavy atom. The number of amides is 1. The summed E-state index contributed by atoms with van der Waals surface area (Å²) in [6, 6.07) is 5.40. The van der Waals surface area contributed by atoms with Gasteiger partial charge >= 0.3 is 0 Å². The molecule has 1 saturated heterocycles. The number of aromatic nitrogens is 1. The van der Waals surface area contributed by atoms with Crippen LogP contribution in [0, 0.1) is 12.8 Å². The minimum Gasteiger partial charge on any atom is -0.486 e. The number of ketones is 1. The quantitative estimate of drug-likeness (QED) is 0.642. The molecule has 7 heteroatoms. The third-order valence-electron chi connectivity index (χ3n) is 5.76. The van der Waals surface area contributed by atoms with Crippen LogP contribution < -0.4 is 9.47 Å². The summed E-state index contributed by atoms with van der Waals surface area (Å²) in [4.78, 5) is 33.2. The molecule has 0 radical (unpaired) electrons. The lowest BCUT2D eigenvalue weighted by molar-refractivity contribution is 0.0653. The number of hydrogen-bond donors (Lipinski definition) is 0. The van der Waals surface area contributed by atoms with E-state index in [0.717, 1.165) is 34.8 Å². The zero-order chi connectivity index (χ0) is 21.1. The number of benzene rings is 1. The van der Waals surface area contributed by atoms with Gasteiger partial charge in [0.05, 0.1) is 10.7 Å². The molecule has 0 saturated carbocycles.